The van der Waals surface area contributed by atoms with Crippen molar-refractivity contribution in [1.82, 2.24) is 10.6 Å². The van der Waals surface area contributed by atoms with Crippen molar-refractivity contribution in [2.45, 2.75) is 78.1 Å². The lowest BCUT2D eigenvalue weighted by molar-refractivity contribution is -0.147. The maximum atomic E-state index is 11.8. The SMILES string of the molecule is CCCCNCCC(=O)OCC1CCC(COC(=O)CCNCCCC)CC1. The van der Waals surface area contributed by atoms with Crippen LogP contribution in [0, 0.1) is 11.8 Å². The maximum absolute atomic E-state index is 11.8. The van der Waals surface area contributed by atoms with Crippen molar-refractivity contribution in [2.75, 3.05) is 39.4 Å². The van der Waals surface area contributed by atoms with Crippen molar-refractivity contribution in [2.24, 2.45) is 11.8 Å². The van der Waals surface area contributed by atoms with Gasteiger partial charge in [0.2, 0.25) is 0 Å². The molecule has 1 aliphatic rings. The van der Waals surface area contributed by atoms with Crippen LogP contribution in [0.1, 0.15) is 78.1 Å². The fourth-order valence-electron chi connectivity index (χ4n) is 3.37. The van der Waals surface area contributed by atoms with Crippen molar-refractivity contribution in [3.05, 3.63) is 0 Å². The van der Waals surface area contributed by atoms with Crippen LogP contribution < -0.4 is 10.6 Å². The minimum Gasteiger partial charge on any atom is -0.465 e. The lowest BCUT2D eigenvalue weighted by atomic mass is 9.83. The second-order valence-electron chi connectivity index (χ2n) is 7.96. The number of nitrogens with one attached hydrogen (secondary N) is 2. The van der Waals surface area contributed by atoms with Gasteiger partial charge < -0.3 is 20.1 Å². The van der Waals surface area contributed by atoms with Crippen molar-refractivity contribution in [1.29, 1.82) is 0 Å². The third-order valence-electron chi connectivity index (χ3n) is 5.35. The number of esters is 2. The highest BCUT2D eigenvalue weighted by Crippen LogP contribution is 2.29. The van der Waals surface area contributed by atoms with E-state index in [4.69, 9.17) is 9.47 Å². The largest absolute Gasteiger partial charge is 0.465 e. The minimum absolute atomic E-state index is 0.104. The predicted octanol–water partition coefficient (Wildman–Crippen LogP) is 3.44. The molecule has 28 heavy (non-hydrogen) atoms. The zero-order valence-corrected chi connectivity index (χ0v) is 18.1. The Hall–Kier alpha value is -1.14. The monoisotopic (exact) mass is 398 g/mol. The molecule has 6 nitrogen and oxygen atoms in total. The minimum atomic E-state index is -0.104. The number of hydrogen-bond acceptors (Lipinski definition) is 6. The summed E-state index contributed by atoms with van der Waals surface area (Å²) in [6.45, 7) is 8.70. The smallest absolute Gasteiger partial charge is 0.307 e. The number of carbonyl (C=O) groups is 2. The fourth-order valence-corrected chi connectivity index (χ4v) is 3.37. The molecular formula is C22H42N2O4. The van der Waals surface area contributed by atoms with Crippen LogP contribution in [0.15, 0.2) is 0 Å². The van der Waals surface area contributed by atoms with E-state index in [1.807, 2.05) is 0 Å². The van der Waals surface area contributed by atoms with Crippen LogP contribution in [0.4, 0.5) is 0 Å². The van der Waals surface area contributed by atoms with Crippen molar-refractivity contribution in [3.63, 3.8) is 0 Å². The average molecular weight is 399 g/mol. The van der Waals surface area contributed by atoms with E-state index in [9.17, 15) is 9.59 Å². The van der Waals surface area contributed by atoms with E-state index in [1.165, 1.54) is 0 Å². The summed E-state index contributed by atoms with van der Waals surface area (Å²) in [6, 6.07) is 0. The Morgan fingerprint density at radius 2 is 1.11 bits per heavy atom. The molecule has 0 aromatic rings. The first-order chi connectivity index (χ1) is 13.7. The Labute approximate surface area is 171 Å². The summed E-state index contributed by atoms with van der Waals surface area (Å²) in [5.41, 5.74) is 0. The van der Waals surface area contributed by atoms with E-state index >= 15 is 0 Å². The highest BCUT2D eigenvalue weighted by molar-refractivity contribution is 5.69. The molecule has 0 spiro atoms. The third-order valence-corrected chi connectivity index (χ3v) is 5.35. The molecule has 2 N–H and O–H groups in total. The summed E-state index contributed by atoms with van der Waals surface area (Å²) < 4.78 is 10.8. The Morgan fingerprint density at radius 1 is 0.714 bits per heavy atom. The van der Waals surface area contributed by atoms with Gasteiger partial charge in [-0.2, -0.15) is 0 Å². The first-order valence-electron chi connectivity index (χ1n) is 11.4. The van der Waals surface area contributed by atoms with Gasteiger partial charge in [0.1, 0.15) is 0 Å². The van der Waals surface area contributed by atoms with Crippen molar-refractivity contribution >= 4 is 11.9 Å². The van der Waals surface area contributed by atoms with Gasteiger partial charge in [0.05, 0.1) is 26.1 Å². The van der Waals surface area contributed by atoms with Gasteiger partial charge in [0.15, 0.2) is 0 Å². The first kappa shape index (κ1) is 24.9. The summed E-state index contributed by atoms with van der Waals surface area (Å²) in [5, 5.41) is 6.52. The van der Waals surface area contributed by atoms with E-state index in [1.54, 1.807) is 0 Å². The third kappa shape index (κ3) is 13.1. The molecule has 1 fully saturated rings. The zero-order valence-electron chi connectivity index (χ0n) is 18.1. The van der Waals surface area contributed by atoms with Crippen molar-refractivity contribution < 1.29 is 19.1 Å². The van der Waals surface area contributed by atoms with E-state index in [-0.39, 0.29) is 11.9 Å². The van der Waals surface area contributed by atoms with Crippen LogP contribution in [0.5, 0.6) is 0 Å². The van der Waals surface area contributed by atoms with Crippen LogP contribution in [-0.4, -0.2) is 51.3 Å². The molecule has 1 rings (SSSR count). The Morgan fingerprint density at radius 3 is 1.46 bits per heavy atom. The molecule has 0 aromatic carbocycles. The summed E-state index contributed by atoms with van der Waals surface area (Å²) in [7, 11) is 0. The topological polar surface area (TPSA) is 76.7 Å². The average Bonchev–Trinajstić information content (AvgIpc) is 2.71. The molecule has 0 amide bonds. The molecule has 164 valence electrons. The Balaban J connectivity index is 1.99. The quantitative estimate of drug-likeness (QED) is 0.306. The number of rotatable bonds is 16. The zero-order chi connectivity index (χ0) is 20.5. The molecule has 0 heterocycles. The van der Waals surface area contributed by atoms with E-state index in [0.29, 0.717) is 51.0 Å². The van der Waals surface area contributed by atoms with Gasteiger partial charge in [-0.05, 0) is 63.5 Å². The van der Waals surface area contributed by atoms with Gasteiger partial charge in [-0.25, -0.2) is 0 Å². The summed E-state index contributed by atoms with van der Waals surface area (Å²) in [4.78, 5) is 23.6. The Kier molecular flexibility index (Phi) is 14.9. The fraction of sp³-hybridized carbons (Fsp3) is 0.909. The molecule has 6 heteroatoms. The van der Waals surface area contributed by atoms with Gasteiger partial charge in [-0.15, -0.1) is 0 Å². The van der Waals surface area contributed by atoms with E-state index in [2.05, 4.69) is 24.5 Å². The van der Waals surface area contributed by atoms with Gasteiger partial charge in [-0.1, -0.05) is 26.7 Å². The molecule has 1 saturated carbocycles. The molecular weight excluding hydrogens is 356 g/mol. The second-order valence-corrected chi connectivity index (χ2v) is 7.96. The summed E-state index contributed by atoms with van der Waals surface area (Å²) in [5.74, 6) is 0.693. The molecule has 0 unspecified atom stereocenters. The molecule has 0 aliphatic heterocycles. The number of carbonyl (C=O) groups excluding carboxylic acids is 2. The van der Waals surface area contributed by atoms with Gasteiger partial charge >= 0.3 is 11.9 Å². The standard InChI is InChI=1S/C22H42N2O4/c1-3-5-13-23-15-11-21(25)27-17-19-7-9-20(10-8-19)18-28-22(26)12-16-24-14-6-4-2/h19-20,23-24H,3-18H2,1-2H3. The summed E-state index contributed by atoms with van der Waals surface area (Å²) >= 11 is 0. The van der Waals surface area contributed by atoms with Crippen molar-refractivity contribution in [3.8, 4) is 0 Å². The first-order valence-corrected chi connectivity index (χ1v) is 11.4. The molecule has 0 atom stereocenters. The van der Waals surface area contributed by atoms with Crippen LogP contribution >= 0.6 is 0 Å². The maximum Gasteiger partial charge on any atom is 0.307 e. The van der Waals surface area contributed by atoms with E-state index < -0.39 is 0 Å². The molecule has 0 bridgehead atoms. The molecule has 0 radical (unpaired) electrons. The lowest BCUT2D eigenvalue weighted by Gasteiger charge is -2.27. The van der Waals surface area contributed by atoms with E-state index in [0.717, 1.165) is 64.5 Å². The summed E-state index contributed by atoms with van der Waals surface area (Å²) in [6.07, 6.45) is 9.68. The molecule has 0 aromatic heterocycles. The van der Waals surface area contributed by atoms with Crippen LogP contribution in [0.25, 0.3) is 0 Å². The highest BCUT2D eigenvalue weighted by Gasteiger charge is 2.23. The normalized spacial score (nSPS) is 19.4. The molecule has 0 saturated heterocycles. The van der Waals surface area contributed by atoms with Gasteiger partial charge in [-0.3, -0.25) is 9.59 Å². The lowest BCUT2D eigenvalue weighted by Crippen LogP contribution is -2.26. The number of ether oxygens (including phenoxy) is 2. The van der Waals surface area contributed by atoms with Gasteiger partial charge in [0, 0.05) is 13.1 Å². The molecule has 1 aliphatic carbocycles. The Bertz CT molecular complexity index is 371. The number of hydrogen-bond donors (Lipinski definition) is 2. The van der Waals surface area contributed by atoms with Crippen LogP contribution in [0.2, 0.25) is 0 Å². The van der Waals surface area contributed by atoms with Gasteiger partial charge in [0.25, 0.3) is 0 Å². The van der Waals surface area contributed by atoms with Crippen LogP contribution in [0.3, 0.4) is 0 Å². The predicted molar refractivity (Wildman–Crippen MR) is 112 cm³/mol. The number of unbranched alkanes of at least 4 members (excludes halogenated alkanes) is 2. The van der Waals surface area contributed by atoms with Crippen LogP contribution in [-0.2, 0) is 19.1 Å². The second kappa shape index (κ2) is 16.8. The highest BCUT2D eigenvalue weighted by atomic mass is 16.5.